The van der Waals surface area contributed by atoms with Crippen molar-refractivity contribution < 1.29 is 0 Å². The molecule has 1 aliphatic rings. The average Bonchev–Trinajstić information content (AvgIpc) is 3.12. The van der Waals surface area contributed by atoms with Crippen molar-refractivity contribution in [3.8, 4) is 0 Å². The Morgan fingerprint density at radius 3 is 2.68 bits per heavy atom. The molecule has 1 aliphatic heterocycles. The van der Waals surface area contributed by atoms with Crippen molar-refractivity contribution in [1.82, 2.24) is 19.5 Å². The monoisotopic (exact) mass is 391 g/mol. The second-order valence-corrected chi connectivity index (χ2v) is 7.75. The van der Waals surface area contributed by atoms with Gasteiger partial charge in [-0.2, -0.15) is 0 Å². The largest absolute Gasteiger partial charge is 0.356 e. The highest BCUT2D eigenvalue weighted by atomic mass is 35.5. The van der Waals surface area contributed by atoms with Gasteiger partial charge in [-0.3, -0.25) is 0 Å². The van der Waals surface area contributed by atoms with Gasteiger partial charge in [-0.15, -0.1) is 0 Å². The Labute approximate surface area is 169 Å². The number of hydrogen-bond acceptors (Lipinski definition) is 4. The molecular formula is C22H22ClN5. The molecule has 5 nitrogen and oxygen atoms in total. The highest BCUT2D eigenvalue weighted by Crippen LogP contribution is 2.33. The van der Waals surface area contributed by atoms with Crippen molar-refractivity contribution in [3.05, 3.63) is 59.6 Å². The fourth-order valence-electron chi connectivity index (χ4n) is 4.36. The molecule has 0 radical (unpaired) electrons. The van der Waals surface area contributed by atoms with Crippen LogP contribution in [-0.2, 0) is 6.42 Å². The molecule has 2 aromatic heterocycles. The Bertz CT molecular complexity index is 1140. The molecule has 5 rings (SSSR count). The molecule has 4 aromatic rings. The number of para-hydroxylation sites is 2. The third-order valence-electron chi connectivity index (χ3n) is 5.69. The Balaban J connectivity index is 1.44. The molecule has 28 heavy (non-hydrogen) atoms. The van der Waals surface area contributed by atoms with E-state index >= 15 is 0 Å². The lowest BCUT2D eigenvalue weighted by atomic mass is 10.0. The van der Waals surface area contributed by atoms with Gasteiger partial charge in [-0.05, 0) is 43.2 Å². The number of nitrogens with zero attached hydrogens (tertiary/aromatic N) is 5. The molecule has 3 heterocycles. The second kappa shape index (κ2) is 7.06. The van der Waals surface area contributed by atoms with E-state index in [1.54, 1.807) is 6.33 Å². The van der Waals surface area contributed by atoms with Crippen molar-refractivity contribution in [3.63, 3.8) is 0 Å². The van der Waals surface area contributed by atoms with Crippen LogP contribution >= 0.6 is 11.6 Å². The summed E-state index contributed by atoms with van der Waals surface area (Å²) in [6, 6.07) is 14.8. The standard InChI is InChI=1S/C22H22ClN5/c1-2-21-26-18-5-3-4-6-20(18)28(21)16-9-11-27(12-10-16)22-17-8-7-15(23)13-19(17)24-14-25-22/h3-8,13-14,16H,2,9-12H2,1H3. The lowest BCUT2D eigenvalue weighted by molar-refractivity contribution is 0.394. The summed E-state index contributed by atoms with van der Waals surface area (Å²) in [6.07, 6.45) is 4.74. The third kappa shape index (κ3) is 2.90. The van der Waals surface area contributed by atoms with E-state index < -0.39 is 0 Å². The fourth-order valence-corrected chi connectivity index (χ4v) is 4.52. The van der Waals surface area contributed by atoms with Gasteiger partial charge in [0.2, 0.25) is 0 Å². The summed E-state index contributed by atoms with van der Waals surface area (Å²) in [7, 11) is 0. The topological polar surface area (TPSA) is 46.8 Å². The maximum absolute atomic E-state index is 6.13. The normalized spacial score (nSPS) is 15.6. The Morgan fingerprint density at radius 2 is 1.86 bits per heavy atom. The minimum atomic E-state index is 0.473. The first-order chi connectivity index (χ1) is 13.7. The van der Waals surface area contributed by atoms with Crippen molar-refractivity contribution in [1.29, 1.82) is 0 Å². The maximum atomic E-state index is 6.13. The van der Waals surface area contributed by atoms with E-state index in [0.29, 0.717) is 11.1 Å². The van der Waals surface area contributed by atoms with Crippen LogP contribution in [0.5, 0.6) is 0 Å². The molecule has 2 aromatic carbocycles. The molecule has 1 fully saturated rings. The van der Waals surface area contributed by atoms with Gasteiger partial charge in [0.05, 0.1) is 16.6 Å². The summed E-state index contributed by atoms with van der Waals surface area (Å²) in [6.45, 7) is 4.12. The van der Waals surface area contributed by atoms with Crippen LogP contribution in [0.3, 0.4) is 0 Å². The molecule has 142 valence electrons. The molecule has 0 saturated carbocycles. The summed E-state index contributed by atoms with van der Waals surface area (Å²) < 4.78 is 2.46. The lowest BCUT2D eigenvalue weighted by Crippen LogP contribution is -2.35. The average molecular weight is 392 g/mol. The zero-order valence-corrected chi connectivity index (χ0v) is 16.6. The predicted octanol–water partition coefficient (Wildman–Crippen LogP) is 5.04. The molecule has 0 N–H and O–H groups in total. The van der Waals surface area contributed by atoms with E-state index in [9.17, 15) is 0 Å². The molecule has 1 saturated heterocycles. The Kier molecular flexibility index (Phi) is 4.40. The number of halogens is 1. The number of hydrogen-bond donors (Lipinski definition) is 0. The highest BCUT2D eigenvalue weighted by molar-refractivity contribution is 6.31. The maximum Gasteiger partial charge on any atom is 0.139 e. The van der Waals surface area contributed by atoms with Gasteiger partial charge in [0, 0.05) is 36.0 Å². The number of benzene rings is 2. The quantitative estimate of drug-likeness (QED) is 0.491. The molecule has 0 atom stereocenters. The van der Waals surface area contributed by atoms with E-state index in [4.69, 9.17) is 16.6 Å². The van der Waals surface area contributed by atoms with Crippen molar-refractivity contribution in [2.24, 2.45) is 0 Å². The van der Waals surface area contributed by atoms with Gasteiger partial charge in [-0.1, -0.05) is 30.7 Å². The van der Waals surface area contributed by atoms with Crippen LogP contribution in [0.25, 0.3) is 21.9 Å². The Morgan fingerprint density at radius 1 is 1.04 bits per heavy atom. The summed E-state index contributed by atoms with van der Waals surface area (Å²) in [4.78, 5) is 16.2. The van der Waals surface area contributed by atoms with E-state index in [0.717, 1.165) is 54.6 Å². The van der Waals surface area contributed by atoms with Crippen LogP contribution < -0.4 is 4.90 Å². The smallest absolute Gasteiger partial charge is 0.139 e. The molecule has 6 heteroatoms. The summed E-state index contributed by atoms with van der Waals surface area (Å²) in [5.41, 5.74) is 3.24. The van der Waals surface area contributed by atoms with E-state index in [-0.39, 0.29) is 0 Å². The molecule has 0 spiro atoms. The summed E-state index contributed by atoms with van der Waals surface area (Å²) in [5.74, 6) is 2.19. The van der Waals surface area contributed by atoms with Crippen LogP contribution in [0.15, 0.2) is 48.8 Å². The lowest BCUT2D eigenvalue weighted by Gasteiger charge is -2.34. The first-order valence-electron chi connectivity index (χ1n) is 9.85. The van der Waals surface area contributed by atoms with Gasteiger partial charge >= 0.3 is 0 Å². The van der Waals surface area contributed by atoms with Crippen LogP contribution in [-0.4, -0.2) is 32.6 Å². The van der Waals surface area contributed by atoms with E-state index in [2.05, 4.69) is 50.6 Å². The number of aromatic nitrogens is 4. The number of imidazole rings is 1. The molecule has 0 unspecified atom stereocenters. The molecule has 0 bridgehead atoms. The van der Waals surface area contributed by atoms with Crippen LogP contribution in [0.4, 0.5) is 5.82 Å². The highest BCUT2D eigenvalue weighted by Gasteiger charge is 2.25. The zero-order chi connectivity index (χ0) is 19.1. The van der Waals surface area contributed by atoms with Gasteiger partial charge in [0.25, 0.3) is 0 Å². The van der Waals surface area contributed by atoms with Crippen LogP contribution in [0.1, 0.15) is 31.6 Å². The predicted molar refractivity (Wildman–Crippen MR) is 114 cm³/mol. The van der Waals surface area contributed by atoms with Crippen molar-refractivity contribution in [2.45, 2.75) is 32.2 Å². The first kappa shape index (κ1) is 17.4. The van der Waals surface area contributed by atoms with Crippen molar-refractivity contribution in [2.75, 3.05) is 18.0 Å². The van der Waals surface area contributed by atoms with E-state index in [1.165, 1.54) is 11.3 Å². The molecule has 0 aliphatic carbocycles. The van der Waals surface area contributed by atoms with Gasteiger partial charge in [0.1, 0.15) is 18.0 Å². The fraction of sp³-hybridized carbons (Fsp3) is 0.318. The van der Waals surface area contributed by atoms with Gasteiger partial charge in [0.15, 0.2) is 0 Å². The third-order valence-corrected chi connectivity index (χ3v) is 5.93. The van der Waals surface area contributed by atoms with Crippen LogP contribution in [0.2, 0.25) is 5.02 Å². The number of piperidine rings is 1. The SMILES string of the molecule is CCc1nc2ccccc2n1C1CCN(c2ncnc3cc(Cl)ccc23)CC1. The summed E-state index contributed by atoms with van der Waals surface area (Å²) in [5, 5.41) is 1.77. The number of fused-ring (bicyclic) bond motifs is 2. The number of anilines is 1. The minimum absolute atomic E-state index is 0.473. The van der Waals surface area contributed by atoms with Crippen molar-refractivity contribution >= 4 is 39.4 Å². The molecular weight excluding hydrogens is 370 g/mol. The number of aryl methyl sites for hydroxylation is 1. The van der Waals surface area contributed by atoms with Gasteiger partial charge in [-0.25, -0.2) is 15.0 Å². The van der Waals surface area contributed by atoms with Gasteiger partial charge < -0.3 is 9.47 Å². The zero-order valence-electron chi connectivity index (χ0n) is 15.8. The second-order valence-electron chi connectivity index (χ2n) is 7.32. The summed E-state index contributed by atoms with van der Waals surface area (Å²) >= 11 is 6.13. The first-order valence-corrected chi connectivity index (χ1v) is 10.2. The number of rotatable bonds is 3. The Hall–Kier alpha value is -2.66. The van der Waals surface area contributed by atoms with Crippen LogP contribution in [0, 0.1) is 0 Å². The molecule has 0 amide bonds. The van der Waals surface area contributed by atoms with E-state index in [1.807, 2.05) is 18.2 Å². The minimum Gasteiger partial charge on any atom is -0.356 e.